The van der Waals surface area contributed by atoms with Crippen LogP contribution < -0.4 is 5.32 Å². The third-order valence-electron chi connectivity index (χ3n) is 6.99. The minimum atomic E-state index is -0.938. The number of carbonyl (C=O) groups excluding carboxylic acids is 2. The van der Waals surface area contributed by atoms with Gasteiger partial charge < -0.3 is 24.6 Å². The van der Waals surface area contributed by atoms with Crippen molar-refractivity contribution in [3.8, 4) is 0 Å². The standard InChI is InChI=1S/C32H33N3O6S2/c1-19(39-21(3)37)30(38)33-26-11-7-10-25(16-26)31-40-27(18-42-32-35-34-20(2)43-32)28(23-8-5-4-6-9-23)29(41-31)24-14-12-22(17-36)13-15-24/h4-16,19,27-29,31,36H,17-18H2,1-3H3,(H,33,38). The number of nitrogens with one attached hydrogen (secondary N) is 1. The van der Waals surface area contributed by atoms with Gasteiger partial charge >= 0.3 is 5.97 Å². The topological polar surface area (TPSA) is 120 Å². The minimum absolute atomic E-state index is 0.0469. The van der Waals surface area contributed by atoms with Crippen molar-refractivity contribution in [1.82, 2.24) is 10.2 Å². The van der Waals surface area contributed by atoms with Crippen LogP contribution in [0.2, 0.25) is 0 Å². The number of hydrogen-bond donors (Lipinski definition) is 2. The SMILES string of the molecule is CC(=O)OC(C)C(=O)Nc1cccc(C2OC(CSc3nnc(C)s3)C(c3ccccc3)C(c3ccc(CO)cc3)O2)c1. The Balaban J connectivity index is 1.48. The lowest BCUT2D eigenvalue weighted by molar-refractivity contribution is -0.255. The molecule has 1 aliphatic heterocycles. The van der Waals surface area contributed by atoms with Crippen LogP contribution in [0.25, 0.3) is 0 Å². The van der Waals surface area contributed by atoms with Crippen molar-refractivity contribution in [2.45, 2.75) is 62.2 Å². The highest BCUT2D eigenvalue weighted by atomic mass is 32.2. The number of thioether (sulfide) groups is 1. The fourth-order valence-corrected chi connectivity index (χ4v) is 6.86. The molecule has 0 aliphatic carbocycles. The summed E-state index contributed by atoms with van der Waals surface area (Å²) in [6, 6.07) is 25.2. The van der Waals surface area contributed by atoms with Crippen LogP contribution >= 0.6 is 23.1 Å². The Morgan fingerprint density at radius 1 is 1.00 bits per heavy atom. The highest BCUT2D eigenvalue weighted by Gasteiger charge is 2.42. The number of esters is 1. The lowest BCUT2D eigenvalue weighted by Gasteiger charge is -2.43. The van der Waals surface area contributed by atoms with Gasteiger partial charge in [-0.25, -0.2) is 0 Å². The number of carbonyl (C=O) groups is 2. The Bertz CT molecular complexity index is 1530. The highest BCUT2D eigenvalue weighted by molar-refractivity contribution is 8.01. The number of hydrogen-bond acceptors (Lipinski definition) is 10. The summed E-state index contributed by atoms with van der Waals surface area (Å²) in [5.74, 6) is -0.508. The first-order valence-corrected chi connectivity index (χ1v) is 15.7. The average Bonchev–Trinajstić information content (AvgIpc) is 3.44. The Morgan fingerprint density at radius 2 is 1.74 bits per heavy atom. The molecule has 0 spiro atoms. The second-order valence-electron chi connectivity index (χ2n) is 10.2. The fourth-order valence-electron chi connectivity index (χ4n) is 4.95. The van der Waals surface area contributed by atoms with Crippen LogP contribution in [-0.2, 0) is 30.4 Å². The normalized spacial score (nSPS) is 20.7. The molecule has 3 aromatic carbocycles. The van der Waals surface area contributed by atoms with Crippen LogP contribution in [-0.4, -0.2) is 45.1 Å². The predicted molar refractivity (Wildman–Crippen MR) is 165 cm³/mol. The number of benzene rings is 3. The molecule has 1 aromatic heterocycles. The summed E-state index contributed by atoms with van der Waals surface area (Å²) in [4.78, 5) is 23.9. The first-order valence-electron chi connectivity index (χ1n) is 13.9. The molecule has 5 rings (SSSR count). The lowest BCUT2D eigenvalue weighted by atomic mass is 9.84. The first kappa shape index (κ1) is 30.8. The molecule has 224 valence electrons. The molecule has 1 aliphatic rings. The summed E-state index contributed by atoms with van der Waals surface area (Å²) in [6.07, 6.45) is -2.34. The van der Waals surface area contributed by atoms with Crippen molar-refractivity contribution in [2.75, 3.05) is 11.1 Å². The second kappa shape index (κ2) is 14.2. The number of aliphatic hydroxyl groups is 1. The van der Waals surface area contributed by atoms with Crippen molar-refractivity contribution in [3.05, 3.63) is 106 Å². The van der Waals surface area contributed by atoms with Crippen molar-refractivity contribution >= 4 is 40.7 Å². The zero-order valence-corrected chi connectivity index (χ0v) is 25.6. The predicted octanol–water partition coefficient (Wildman–Crippen LogP) is 5.96. The van der Waals surface area contributed by atoms with Crippen LogP contribution in [0.3, 0.4) is 0 Å². The van der Waals surface area contributed by atoms with Crippen LogP contribution in [0, 0.1) is 6.92 Å². The fraction of sp³-hybridized carbons (Fsp3) is 0.312. The molecule has 2 N–H and O–H groups in total. The van der Waals surface area contributed by atoms with Gasteiger partial charge in [0.25, 0.3) is 5.91 Å². The molecule has 1 amide bonds. The zero-order chi connectivity index (χ0) is 30.3. The molecule has 2 heterocycles. The number of rotatable bonds is 10. The van der Waals surface area contributed by atoms with E-state index in [-0.39, 0.29) is 24.7 Å². The summed E-state index contributed by atoms with van der Waals surface area (Å²) < 4.78 is 19.3. The number of aromatic nitrogens is 2. The third kappa shape index (κ3) is 7.87. The van der Waals surface area contributed by atoms with Gasteiger partial charge in [-0.15, -0.1) is 10.2 Å². The van der Waals surface area contributed by atoms with Gasteiger partial charge in [0, 0.05) is 29.8 Å². The summed E-state index contributed by atoms with van der Waals surface area (Å²) in [5, 5.41) is 21.8. The van der Waals surface area contributed by atoms with Crippen molar-refractivity contribution in [1.29, 1.82) is 0 Å². The number of ether oxygens (including phenoxy) is 3. The maximum atomic E-state index is 12.6. The van der Waals surface area contributed by atoms with Crippen molar-refractivity contribution in [3.63, 3.8) is 0 Å². The maximum Gasteiger partial charge on any atom is 0.303 e. The molecule has 11 heteroatoms. The first-order chi connectivity index (χ1) is 20.8. The summed E-state index contributed by atoms with van der Waals surface area (Å²) in [7, 11) is 0. The lowest BCUT2D eigenvalue weighted by Crippen LogP contribution is -2.38. The molecule has 5 unspecified atom stereocenters. The Labute approximate surface area is 258 Å². The maximum absolute atomic E-state index is 12.6. The Kier molecular flexibility index (Phi) is 10.2. The van der Waals surface area contributed by atoms with Gasteiger partial charge in [-0.2, -0.15) is 0 Å². The zero-order valence-electron chi connectivity index (χ0n) is 24.0. The van der Waals surface area contributed by atoms with Gasteiger partial charge in [0.2, 0.25) is 0 Å². The van der Waals surface area contributed by atoms with E-state index in [1.807, 2.05) is 61.5 Å². The van der Waals surface area contributed by atoms with E-state index < -0.39 is 24.3 Å². The Morgan fingerprint density at radius 3 is 2.42 bits per heavy atom. The van der Waals surface area contributed by atoms with Gasteiger partial charge in [-0.3, -0.25) is 9.59 Å². The van der Waals surface area contributed by atoms with E-state index in [4.69, 9.17) is 14.2 Å². The number of aliphatic hydroxyl groups excluding tert-OH is 1. The van der Waals surface area contributed by atoms with E-state index in [2.05, 4.69) is 27.6 Å². The van der Waals surface area contributed by atoms with Crippen LogP contribution in [0.1, 0.15) is 59.4 Å². The second-order valence-corrected chi connectivity index (χ2v) is 12.6. The molecule has 43 heavy (non-hydrogen) atoms. The Hall–Kier alpha value is -3.61. The number of aryl methyl sites for hydroxylation is 1. The molecule has 5 atom stereocenters. The smallest absolute Gasteiger partial charge is 0.303 e. The molecular formula is C32H33N3O6S2. The average molecular weight is 620 g/mol. The number of anilines is 1. The van der Waals surface area contributed by atoms with E-state index in [1.54, 1.807) is 35.2 Å². The molecule has 1 fully saturated rings. The van der Waals surface area contributed by atoms with Gasteiger partial charge in [0.05, 0.1) is 18.8 Å². The molecule has 4 aromatic rings. The number of amides is 1. The monoisotopic (exact) mass is 619 g/mol. The van der Waals surface area contributed by atoms with E-state index in [0.29, 0.717) is 11.4 Å². The van der Waals surface area contributed by atoms with Crippen LogP contribution in [0.15, 0.2) is 83.2 Å². The van der Waals surface area contributed by atoms with Gasteiger partial charge in [-0.1, -0.05) is 89.8 Å². The van der Waals surface area contributed by atoms with E-state index in [0.717, 1.165) is 31.6 Å². The molecule has 9 nitrogen and oxygen atoms in total. The van der Waals surface area contributed by atoms with Crippen LogP contribution in [0.5, 0.6) is 0 Å². The van der Waals surface area contributed by atoms with Gasteiger partial charge in [0.1, 0.15) is 5.01 Å². The molecule has 1 saturated heterocycles. The molecule has 0 saturated carbocycles. The highest BCUT2D eigenvalue weighted by Crippen LogP contribution is 2.48. The summed E-state index contributed by atoms with van der Waals surface area (Å²) >= 11 is 3.14. The molecule has 0 bridgehead atoms. The quantitative estimate of drug-likeness (QED) is 0.164. The van der Waals surface area contributed by atoms with Crippen molar-refractivity contribution in [2.24, 2.45) is 0 Å². The van der Waals surface area contributed by atoms with Gasteiger partial charge in [0.15, 0.2) is 16.7 Å². The minimum Gasteiger partial charge on any atom is -0.453 e. The molecular weight excluding hydrogens is 587 g/mol. The van der Waals surface area contributed by atoms with E-state index in [1.165, 1.54) is 13.8 Å². The largest absolute Gasteiger partial charge is 0.453 e. The van der Waals surface area contributed by atoms with Crippen molar-refractivity contribution < 1.29 is 28.9 Å². The number of nitrogens with zero attached hydrogens (tertiary/aromatic N) is 2. The van der Waals surface area contributed by atoms with Crippen LogP contribution in [0.4, 0.5) is 5.69 Å². The third-order valence-corrected chi connectivity index (χ3v) is 9.05. The summed E-state index contributed by atoms with van der Waals surface area (Å²) in [5.41, 5.74) is 4.10. The van der Waals surface area contributed by atoms with E-state index >= 15 is 0 Å². The summed E-state index contributed by atoms with van der Waals surface area (Å²) in [6.45, 7) is 4.67. The van der Waals surface area contributed by atoms with Gasteiger partial charge in [-0.05, 0) is 42.7 Å². The molecule has 0 radical (unpaired) electrons. The van der Waals surface area contributed by atoms with E-state index in [9.17, 15) is 14.7 Å².